The molecule has 2 aromatic carbocycles. The van der Waals surface area contributed by atoms with Crippen molar-refractivity contribution in [1.29, 1.82) is 0 Å². The first-order chi connectivity index (χ1) is 18.1. The number of fused-ring (bicyclic) bond motifs is 2. The smallest absolute Gasteiger partial charge is 0.194 e. The van der Waals surface area contributed by atoms with Crippen LogP contribution in [0.2, 0.25) is 5.15 Å². The van der Waals surface area contributed by atoms with Gasteiger partial charge < -0.3 is 4.57 Å². The van der Waals surface area contributed by atoms with Crippen molar-refractivity contribution < 1.29 is 22.4 Å². The number of aromatic nitrogens is 2. The van der Waals surface area contributed by atoms with Crippen molar-refractivity contribution in [1.82, 2.24) is 9.55 Å². The van der Waals surface area contributed by atoms with Crippen LogP contribution in [0.25, 0.3) is 27.4 Å². The summed E-state index contributed by atoms with van der Waals surface area (Å²) in [7, 11) is -3.71. The molecule has 5 rings (SSSR count). The van der Waals surface area contributed by atoms with Crippen LogP contribution in [0.4, 0.5) is 4.39 Å². The highest BCUT2D eigenvalue weighted by molar-refractivity contribution is 7.91. The van der Waals surface area contributed by atoms with Crippen molar-refractivity contribution in [3.05, 3.63) is 94.0 Å². The lowest BCUT2D eigenvalue weighted by molar-refractivity contribution is -0.113. The first kappa shape index (κ1) is 26.0. The van der Waals surface area contributed by atoms with Gasteiger partial charge in [0, 0.05) is 40.1 Å². The van der Waals surface area contributed by atoms with Crippen LogP contribution in [-0.4, -0.2) is 41.5 Å². The molecule has 4 aromatic rings. The number of rotatable bonds is 7. The molecule has 2 aromatic heterocycles. The number of benzene rings is 2. The van der Waals surface area contributed by atoms with E-state index in [1.807, 2.05) is 37.3 Å². The maximum absolute atomic E-state index is 15.1. The molecule has 0 fully saturated rings. The number of para-hydroxylation sites is 1. The Bertz CT molecular complexity index is 1820. The van der Waals surface area contributed by atoms with E-state index in [0.717, 1.165) is 11.6 Å². The second-order valence-electron chi connectivity index (χ2n) is 9.38. The number of sulfone groups is 1. The summed E-state index contributed by atoms with van der Waals surface area (Å²) < 4.78 is 41.1. The predicted molar refractivity (Wildman–Crippen MR) is 148 cm³/mol. The minimum Gasteiger partial charge on any atom is -0.333 e. The summed E-state index contributed by atoms with van der Waals surface area (Å²) in [6.07, 6.45) is 6.55. The third-order valence-electron chi connectivity index (χ3n) is 6.62. The molecule has 0 amide bonds. The van der Waals surface area contributed by atoms with E-state index in [4.69, 9.17) is 11.6 Å². The third-order valence-corrected chi connectivity index (χ3v) is 7.73. The molecule has 0 saturated heterocycles. The Morgan fingerprint density at radius 1 is 1.16 bits per heavy atom. The Kier molecular flexibility index (Phi) is 6.79. The van der Waals surface area contributed by atoms with E-state index in [-0.39, 0.29) is 35.2 Å². The molecule has 0 bridgehead atoms. The van der Waals surface area contributed by atoms with Gasteiger partial charge in [0.25, 0.3) is 0 Å². The second kappa shape index (κ2) is 9.93. The first-order valence-corrected chi connectivity index (χ1v) is 14.5. The minimum absolute atomic E-state index is 0.0141. The zero-order valence-corrected chi connectivity index (χ0v) is 22.4. The van der Waals surface area contributed by atoms with Crippen LogP contribution in [0.15, 0.2) is 60.7 Å². The summed E-state index contributed by atoms with van der Waals surface area (Å²) in [6, 6.07) is 12.2. The highest BCUT2D eigenvalue weighted by Gasteiger charge is 2.30. The SMILES string of the molecule is CCc1cc2c(C3=CC=CCC3=O)c(C(=O)CS(C)(=O)=O)n(Cc3cc4ccccc4nc3Cl)c2cc1F. The number of carbonyl (C=O) groups excluding carboxylic acids is 2. The Labute approximate surface area is 224 Å². The Morgan fingerprint density at radius 2 is 1.92 bits per heavy atom. The molecule has 9 heteroatoms. The normalized spacial score (nSPS) is 13.9. The number of hydrogen-bond acceptors (Lipinski definition) is 5. The highest BCUT2D eigenvalue weighted by Crippen LogP contribution is 2.37. The Morgan fingerprint density at radius 3 is 2.63 bits per heavy atom. The molecule has 0 aliphatic heterocycles. The molecule has 1 aliphatic carbocycles. The first-order valence-electron chi connectivity index (χ1n) is 12.1. The van der Waals surface area contributed by atoms with E-state index in [9.17, 15) is 18.0 Å². The summed E-state index contributed by atoms with van der Waals surface area (Å²) in [5.41, 5.74) is 2.65. The van der Waals surface area contributed by atoms with Gasteiger partial charge in [-0.25, -0.2) is 17.8 Å². The average Bonchev–Trinajstić information content (AvgIpc) is 3.16. The fourth-order valence-corrected chi connectivity index (χ4v) is 5.72. The fourth-order valence-electron chi connectivity index (χ4n) is 4.90. The maximum atomic E-state index is 15.1. The van der Waals surface area contributed by atoms with Gasteiger partial charge in [0.2, 0.25) is 0 Å². The summed E-state index contributed by atoms with van der Waals surface area (Å²) in [5.74, 6) is -2.13. The minimum atomic E-state index is -3.71. The quantitative estimate of drug-likeness (QED) is 0.216. The van der Waals surface area contributed by atoms with Crippen molar-refractivity contribution in [2.45, 2.75) is 26.3 Å². The Balaban J connectivity index is 1.85. The molecule has 6 nitrogen and oxygen atoms in total. The van der Waals surface area contributed by atoms with E-state index in [1.165, 1.54) is 6.07 Å². The molecule has 194 valence electrons. The lowest BCUT2D eigenvalue weighted by atomic mass is 9.92. The number of pyridine rings is 1. The van der Waals surface area contributed by atoms with Gasteiger partial charge >= 0.3 is 0 Å². The molecule has 0 atom stereocenters. The number of aryl methyl sites for hydroxylation is 1. The molecular formula is C29H24ClFN2O4S. The van der Waals surface area contributed by atoms with E-state index in [0.29, 0.717) is 39.5 Å². The van der Waals surface area contributed by atoms with Crippen LogP contribution >= 0.6 is 11.6 Å². The Hall–Kier alpha value is -3.62. The largest absolute Gasteiger partial charge is 0.333 e. The van der Waals surface area contributed by atoms with Gasteiger partial charge in [-0.2, -0.15) is 0 Å². The summed E-state index contributed by atoms with van der Waals surface area (Å²) in [6.45, 7) is 1.82. The van der Waals surface area contributed by atoms with Crippen molar-refractivity contribution >= 4 is 60.4 Å². The van der Waals surface area contributed by atoms with E-state index in [2.05, 4.69) is 4.98 Å². The van der Waals surface area contributed by atoms with Crippen LogP contribution in [-0.2, 0) is 27.6 Å². The van der Waals surface area contributed by atoms with Crippen molar-refractivity contribution in [3.63, 3.8) is 0 Å². The van der Waals surface area contributed by atoms with Crippen LogP contribution in [0.5, 0.6) is 0 Å². The molecule has 0 N–H and O–H groups in total. The summed E-state index contributed by atoms with van der Waals surface area (Å²) >= 11 is 6.55. The van der Waals surface area contributed by atoms with Gasteiger partial charge in [0.15, 0.2) is 21.4 Å². The topological polar surface area (TPSA) is 86.1 Å². The lowest BCUT2D eigenvalue weighted by Gasteiger charge is -2.14. The van der Waals surface area contributed by atoms with Gasteiger partial charge in [-0.15, -0.1) is 0 Å². The molecule has 0 saturated carbocycles. The van der Waals surface area contributed by atoms with Crippen molar-refractivity contribution in [3.8, 4) is 0 Å². The van der Waals surface area contributed by atoms with Crippen LogP contribution in [0.1, 0.15) is 40.5 Å². The molecular weight excluding hydrogens is 527 g/mol. The van der Waals surface area contributed by atoms with Gasteiger partial charge in [0.05, 0.1) is 23.3 Å². The zero-order valence-electron chi connectivity index (χ0n) is 20.8. The molecule has 1 aliphatic rings. The van der Waals surface area contributed by atoms with Crippen molar-refractivity contribution in [2.24, 2.45) is 0 Å². The fraction of sp³-hybridized carbons (Fsp3) is 0.207. The second-order valence-corrected chi connectivity index (χ2v) is 11.9. The van der Waals surface area contributed by atoms with Crippen molar-refractivity contribution in [2.75, 3.05) is 12.0 Å². The van der Waals surface area contributed by atoms with Crippen LogP contribution in [0, 0.1) is 5.82 Å². The standard InChI is InChI=1S/C29H24ClFN2O4S/c1-3-17-13-21-24(14-22(17)31)33(15-19-12-18-8-4-6-10-23(18)32-29(19)30)28(26(35)16-38(2,36)37)27(21)20-9-5-7-11-25(20)34/h4-10,12-14H,3,11,15-16H2,1-2H3. The number of carbonyl (C=O) groups is 2. The monoisotopic (exact) mass is 550 g/mol. The van der Waals surface area contributed by atoms with Gasteiger partial charge in [0.1, 0.15) is 16.7 Å². The number of ketones is 2. The van der Waals surface area contributed by atoms with Crippen LogP contribution < -0.4 is 0 Å². The maximum Gasteiger partial charge on any atom is 0.194 e. The highest BCUT2D eigenvalue weighted by atomic mass is 35.5. The van der Waals surface area contributed by atoms with E-state index < -0.39 is 27.2 Å². The lowest BCUT2D eigenvalue weighted by Crippen LogP contribution is -2.21. The number of halogens is 2. The van der Waals surface area contributed by atoms with Gasteiger partial charge in [-0.3, -0.25) is 9.59 Å². The molecule has 0 spiro atoms. The molecule has 0 radical (unpaired) electrons. The average molecular weight is 551 g/mol. The van der Waals surface area contributed by atoms with E-state index in [1.54, 1.807) is 28.9 Å². The predicted octanol–water partition coefficient (Wildman–Crippen LogP) is 5.73. The molecule has 2 heterocycles. The molecule has 0 unspecified atom stereocenters. The molecule has 38 heavy (non-hydrogen) atoms. The zero-order chi connectivity index (χ0) is 27.2. The summed E-state index contributed by atoms with van der Waals surface area (Å²) in [4.78, 5) is 31.1. The summed E-state index contributed by atoms with van der Waals surface area (Å²) in [5, 5.41) is 1.53. The number of allylic oxidation sites excluding steroid dienone is 4. The van der Waals surface area contributed by atoms with Crippen LogP contribution in [0.3, 0.4) is 0 Å². The number of Topliss-reactive ketones (excluding diaryl/α,β-unsaturated/α-hetero) is 2. The number of hydrogen-bond donors (Lipinski definition) is 0. The van der Waals surface area contributed by atoms with Gasteiger partial charge in [-0.05, 0) is 36.2 Å². The number of nitrogens with zero attached hydrogens (tertiary/aromatic N) is 2. The third kappa shape index (κ3) is 4.81. The van der Waals surface area contributed by atoms with Gasteiger partial charge in [-0.1, -0.05) is 55.0 Å². The van der Waals surface area contributed by atoms with E-state index >= 15 is 4.39 Å².